The molecule has 2 aliphatic carbocycles. The van der Waals surface area contributed by atoms with Crippen LogP contribution in [0.25, 0.3) is 0 Å². The van der Waals surface area contributed by atoms with E-state index in [2.05, 4.69) is 13.0 Å². The van der Waals surface area contributed by atoms with E-state index in [0.717, 1.165) is 12.0 Å². The summed E-state index contributed by atoms with van der Waals surface area (Å²) in [4.78, 5) is 24.2. The van der Waals surface area contributed by atoms with Gasteiger partial charge in [0.05, 0.1) is 24.2 Å². The van der Waals surface area contributed by atoms with E-state index < -0.39 is 24.4 Å². The number of aliphatic hydroxyl groups excluding tert-OH is 3. The third-order valence-electron chi connectivity index (χ3n) is 7.02. The van der Waals surface area contributed by atoms with Gasteiger partial charge in [0.15, 0.2) is 0 Å². The minimum absolute atomic E-state index is 0.0188. The number of hydrogen-bond donors (Lipinski definition) is 3. The highest BCUT2D eigenvalue weighted by atomic mass is 16.5. The van der Waals surface area contributed by atoms with Gasteiger partial charge in [-0.05, 0) is 49.5 Å². The quantitative estimate of drug-likeness (QED) is 0.392. The van der Waals surface area contributed by atoms with Crippen molar-refractivity contribution >= 4 is 11.8 Å². The minimum Gasteiger partial charge on any atom is -0.461 e. The lowest BCUT2D eigenvalue weighted by molar-refractivity contribution is -0.159. The number of ether oxygens (including phenoxy) is 1. The van der Waals surface area contributed by atoms with Crippen molar-refractivity contribution in [3.8, 4) is 0 Å². The van der Waals surface area contributed by atoms with Gasteiger partial charge in [-0.3, -0.25) is 9.59 Å². The Morgan fingerprint density at radius 2 is 1.94 bits per heavy atom. The fourth-order valence-electron chi connectivity index (χ4n) is 4.96. The van der Waals surface area contributed by atoms with Crippen LogP contribution >= 0.6 is 0 Å². The number of rotatable bonds is 12. The minimum atomic E-state index is -0.822. The van der Waals surface area contributed by atoms with Crippen molar-refractivity contribution in [3.63, 3.8) is 0 Å². The first-order valence-electron chi connectivity index (χ1n) is 12.3. The van der Waals surface area contributed by atoms with Crippen molar-refractivity contribution in [1.82, 2.24) is 0 Å². The summed E-state index contributed by atoms with van der Waals surface area (Å²) in [5.41, 5.74) is 0.994. The SMILES string of the molecule is CCCC(=O)C[C@@H](O)CC(O)CC[C@@H]1[C@@H]2C(=C[C@@H](O)C[C@@H]2OC(=O)[C@@H](C)CC)C=C[C@@H]1C. The normalized spacial score (nSPS) is 30.1. The molecule has 0 saturated heterocycles. The zero-order valence-corrected chi connectivity index (χ0v) is 20.1. The summed E-state index contributed by atoms with van der Waals surface area (Å²) in [7, 11) is 0. The van der Waals surface area contributed by atoms with Crippen molar-refractivity contribution in [1.29, 1.82) is 0 Å². The molecule has 2 aliphatic rings. The van der Waals surface area contributed by atoms with E-state index >= 15 is 0 Å². The Labute approximate surface area is 192 Å². The summed E-state index contributed by atoms with van der Waals surface area (Å²) in [6.45, 7) is 7.86. The molecule has 8 atom stereocenters. The van der Waals surface area contributed by atoms with Gasteiger partial charge in [-0.2, -0.15) is 0 Å². The van der Waals surface area contributed by atoms with Crippen molar-refractivity contribution in [2.45, 2.75) is 103 Å². The van der Waals surface area contributed by atoms with Gasteiger partial charge in [-0.15, -0.1) is 0 Å². The number of carbonyl (C=O) groups excluding carboxylic acids is 2. The van der Waals surface area contributed by atoms with Crippen LogP contribution in [0.1, 0.15) is 79.1 Å². The monoisotopic (exact) mass is 450 g/mol. The summed E-state index contributed by atoms with van der Waals surface area (Å²) in [6.07, 6.45) is 7.23. The molecule has 0 heterocycles. The molecule has 6 nitrogen and oxygen atoms in total. The Morgan fingerprint density at radius 3 is 2.59 bits per heavy atom. The zero-order valence-electron chi connectivity index (χ0n) is 20.1. The molecule has 0 aliphatic heterocycles. The average Bonchev–Trinajstić information content (AvgIpc) is 2.72. The smallest absolute Gasteiger partial charge is 0.308 e. The van der Waals surface area contributed by atoms with E-state index in [1.807, 2.05) is 32.9 Å². The highest BCUT2D eigenvalue weighted by molar-refractivity contribution is 5.78. The predicted molar refractivity (Wildman–Crippen MR) is 124 cm³/mol. The second-order valence-electron chi connectivity index (χ2n) is 9.78. The lowest BCUT2D eigenvalue weighted by Gasteiger charge is -2.43. The fraction of sp³-hybridized carbons (Fsp3) is 0.769. The molecule has 0 spiro atoms. The van der Waals surface area contributed by atoms with Gasteiger partial charge in [0.1, 0.15) is 11.9 Å². The van der Waals surface area contributed by atoms with E-state index in [0.29, 0.717) is 32.1 Å². The molecule has 1 unspecified atom stereocenters. The van der Waals surface area contributed by atoms with E-state index in [1.54, 1.807) is 0 Å². The van der Waals surface area contributed by atoms with Gasteiger partial charge in [-0.25, -0.2) is 0 Å². The lowest BCUT2D eigenvalue weighted by Crippen LogP contribution is -2.43. The number of fused-ring (bicyclic) bond motifs is 1. The molecule has 0 saturated carbocycles. The van der Waals surface area contributed by atoms with Gasteiger partial charge >= 0.3 is 5.97 Å². The Kier molecular flexibility index (Phi) is 10.6. The number of esters is 1. The summed E-state index contributed by atoms with van der Waals surface area (Å²) in [5.74, 6) is -0.0149. The maximum atomic E-state index is 12.5. The first-order valence-corrected chi connectivity index (χ1v) is 12.3. The summed E-state index contributed by atoms with van der Waals surface area (Å²) >= 11 is 0. The number of Topliss-reactive ketones (excluding diaryl/α,β-unsaturated/α-hetero) is 1. The predicted octanol–water partition coefficient (Wildman–Crippen LogP) is 3.73. The van der Waals surface area contributed by atoms with Crippen molar-refractivity contribution in [3.05, 3.63) is 23.8 Å². The maximum Gasteiger partial charge on any atom is 0.308 e. The van der Waals surface area contributed by atoms with Crippen LogP contribution in [0.3, 0.4) is 0 Å². The zero-order chi connectivity index (χ0) is 23.8. The Bertz CT molecular complexity index is 684. The van der Waals surface area contributed by atoms with Crippen LogP contribution in [-0.4, -0.2) is 51.5 Å². The molecule has 182 valence electrons. The first-order chi connectivity index (χ1) is 15.2. The van der Waals surface area contributed by atoms with Gasteiger partial charge in [0.25, 0.3) is 0 Å². The number of hydrogen-bond acceptors (Lipinski definition) is 6. The number of aliphatic hydroxyl groups is 3. The average molecular weight is 451 g/mol. The second kappa shape index (κ2) is 12.7. The molecule has 0 bridgehead atoms. The number of carbonyl (C=O) groups is 2. The van der Waals surface area contributed by atoms with Gasteiger partial charge < -0.3 is 20.1 Å². The molecule has 3 N–H and O–H groups in total. The second-order valence-corrected chi connectivity index (χ2v) is 9.78. The Balaban J connectivity index is 2.04. The van der Waals surface area contributed by atoms with Crippen LogP contribution in [-0.2, 0) is 14.3 Å². The number of allylic oxidation sites excluding steroid dienone is 2. The van der Waals surface area contributed by atoms with E-state index in [9.17, 15) is 24.9 Å². The van der Waals surface area contributed by atoms with Crippen LogP contribution in [0.4, 0.5) is 0 Å². The maximum absolute atomic E-state index is 12.5. The molecular weight excluding hydrogens is 408 g/mol. The van der Waals surface area contributed by atoms with Crippen molar-refractivity contribution < 1.29 is 29.6 Å². The van der Waals surface area contributed by atoms with Gasteiger partial charge in [-0.1, -0.05) is 45.9 Å². The Morgan fingerprint density at radius 1 is 1.22 bits per heavy atom. The highest BCUT2D eigenvalue weighted by Gasteiger charge is 2.42. The van der Waals surface area contributed by atoms with Gasteiger partial charge in [0.2, 0.25) is 0 Å². The van der Waals surface area contributed by atoms with Crippen LogP contribution in [0, 0.1) is 23.7 Å². The van der Waals surface area contributed by atoms with E-state index in [1.165, 1.54) is 0 Å². The van der Waals surface area contributed by atoms with Crippen LogP contribution < -0.4 is 0 Å². The molecule has 0 aromatic rings. The van der Waals surface area contributed by atoms with Crippen LogP contribution in [0.5, 0.6) is 0 Å². The van der Waals surface area contributed by atoms with Crippen LogP contribution in [0.15, 0.2) is 23.8 Å². The molecular formula is C26H42O6. The molecule has 0 aromatic heterocycles. The number of ketones is 1. The molecule has 0 fully saturated rings. The molecule has 6 heteroatoms. The van der Waals surface area contributed by atoms with Gasteiger partial charge in [0, 0.05) is 25.2 Å². The first kappa shape index (κ1) is 26.7. The van der Waals surface area contributed by atoms with E-state index in [-0.39, 0.29) is 48.3 Å². The topological polar surface area (TPSA) is 104 Å². The summed E-state index contributed by atoms with van der Waals surface area (Å²) < 4.78 is 5.89. The third-order valence-corrected chi connectivity index (χ3v) is 7.02. The molecule has 2 rings (SSSR count). The molecule has 32 heavy (non-hydrogen) atoms. The molecule has 0 radical (unpaired) electrons. The standard InChI is InChI=1S/C26H42O6/c1-5-7-19(27)13-22(30)14-20(28)10-11-23-17(4)8-9-18-12-21(29)15-24(25(18)23)32-26(31)16(3)6-2/h8-9,12,16-17,20-25,28-30H,5-7,10-11,13-15H2,1-4H3/t16-,17-,20?,21+,22+,23-,24-,25-/m0/s1. The van der Waals surface area contributed by atoms with Crippen molar-refractivity contribution in [2.24, 2.45) is 23.7 Å². The molecule has 0 amide bonds. The Hall–Kier alpha value is -1.50. The summed E-state index contributed by atoms with van der Waals surface area (Å²) in [6, 6.07) is 0. The fourth-order valence-corrected chi connectivity index (χ4v) is 4.96. The summed E-state index contributed by atoms with van der Waals surface area (Å²) in [5, 5.41) is 31.0. The van der Waals surface area contributed by atoms with E-state index in [4.69, 9.17) is 4.74 Å². The lowest BCUT2D eigenvalue weighted by atomic mass is 9.66. The molecule has 0 aromatic carbocycles. The largest absolute Gasteiger partial charge is 0.461 e. The highest BCUT2D eigenvalue weighted by Crippen LogP contribution is 2.44. The third kappa shape index (κ3) is 7.53. The van der Waals surface area contributed by atoms with Crippen LogP contribution in [0.2, 0.25) is 0 Å². The van der Waals surface area contributed by atoms with Crippen molar-refractivity contribution in [2.75, 3.05) is 0 Å².